The Morgan fingerprint density at radius 2 is 2.15 bits per heavy atom. The summed E-state index contributed by atoms with van der Waals surface area (Å²) in [5, 5.41) is 6.47. The van der Waals surface area contributed by atoms with Crippen LogP contribution in [0.25, 0.3) is 21.8 Å². The van der Waals surface area contributed by atoms with Gasteiger partial charge in [0.1, 0.15) is 5.75 Å². The fourth-order valence-corrected chi connectivity index (χ4v) is 4.53. The minimum atomic E-state index is 0.385. The van der Waals surface area contributed by atoms with Crippen molar-refractivity contribution < 1.29 is 9.47 Å². The number of thioether (sulfide) groups is 1. The quantitative estimate of drug-likeness (QED) is 0.443. The molecular weight excluding hydrogens is 380 g/mol. The van der Waals surface area contributed by atoms with Crippen molar-refractivity contribution in [3.05, 3.63) is 41.4 Å². The zero-order chi connectivity index (χ0) is 18.6. The van der Waals surface area contributed by atoms with Crippen molar-refractivity contribution in [3.63, 3.8) is 0 Å². The number of fused-ring (bicyclic) bond motifs is 2. The van der Waals surface area contributed by atoms with Gasteiger partial charge >= 0.3 is 0 Å². The molecule has 1 aliphatic rings. The van der Waals surface area contributed by atoms with E-state index in [4.69, 9.17) is 26.1 Å². The van der Waals surface area contributed by atoms with Gasteiger partial charge in [0, 0.05) is 33.8 Å². The van der Waals surface area contributed by atoms with Gasteiger partial charge in [-0.2, -0.15) is 11.8 Å². The van der Waals surface area contributed by atoms with Crippen LogP contribution < -0.4 is 10.1 Å². The van der Waals surface area contributed by atoms with Crippen LogP contribution in [0, 0.1) is 0 Å². The Kier molecular flexibility index (Phi) is 5.91. The third-order valence-corrected chi connectivity index (χ3v) is 6.13. The first kappa shape index (κ1) is 18.7. The Hall–Kier alpha value is -1.69. The lowest BCUT2D eigenvalue weighted by molar-refractivity contribution is 0.0689. The smallest absolute Gasteiger partial charge is 0.119 e. The molecule has 0 aliphatic carbocycles. The molecule has 4 rings (SSSR count). The van der Waals surface area contributed by atoms with Gasteiger partial charge in [-0.15, -0.1) is 0 Å². The predicted octanol–water partition coefficient (Wildman–Crippen LogP) is 5.37. The van der Waals surface area contributed by atoms with Gasteiger partial charge in [-0.1, -0.05) is 11.6 Å². The number of ether oxygens (including phenoxy) is 2. The van der Waals surface area contributed by atoms with Crippen LogP contribution in [0.3, 0.4) is 0 Å². The van der Waals surface area contributed by atoms with Crippen LogP contribution in [0.5, 0.6) is 5.75 Å². The van der Waals surface area contributed by atoms with E-state index in [2.05, 4.69) is 5.32 Å². The number of anilines is 1. The Morgan fingerprint density at radius 3 is 2.96 bits per heavy atom. The number of nitrogens with zero attached hydrogens (tertiary/aromatic N) is 1. The maximum Gasteiger partial charge on any atom is 0.119 e. The van der Waals surface area contributed by atoms with Gasteiger partial charge in [0.15, 0.2) is 0 Å². The molecule has 1 fully saturated rings. The van der Waals surface area contributed by atoms with Crippen LogP contribution in [0.4, 0.5) is 5.69 Å². The Bertz CT molecular complexity index is 944. The summed E-state index contributed by atoms with van der Waals surface area (Å²) < 4.78 is 11.2. The van der Waals surface area contributed by atoms with Gasteiger partial charge in [0.2, 0.25) is 0 Å². The number of hydrogen-bond donors (Lipinski definition) is 1. The van der Waals surface area contributed by atoms with E-state index in [9.17, 15) is 0 Å². The zero-order valence-electron chi connectivity index (χ0n) is 15.3. The second kappa shape index (κ2) is 8.55. The largest absolute Gasteiger partial charge is 0.497 e. The lowest BCUT2D eigenvalue weighted by Crippen LogP contribution is -2.23. The van der Waals surface area contributed by atoms with Gasteiger partial charge in [-0.3, -0.25) is 0 Å². The van der Waals surface area contributed by atoms with Crippen LogP contribution in [0.2, 0.25) is 5.02 Å². The molecule has 4 nitrogen and oxygen atoms in total. The Balaban J connectivity index is 1.61. The summed E-state index contributed by atoms with van der Waals surface area (Å²) in [4.78, 5) is 4.77. The van der Waals surface area contributed by atoms with Gasteiger partial charge in [0.25, 0.3) is 0 Å². The number of aromatic nitrogens is 1. The first-order valence-corrected chi connectivity index (χ1v) is 10.8. The summed E-state index contributed by atoms with van der Waals surface area (Å²) in [5.41, 5.74) is 2.92. The van der Waals surface area contributed by atoms with Crippen LogP contribution in [-0.4, -0.2) is 42.9 Å². The molecule has 1 atom stereocenters. The fraction of sp³-hybridized carbons (Fsp3) is 0.381. The molecule has 27 heavy (non-hydrogen) atoms. The first-order valence-electron chi connectivity index (χ1n) is 9.25. The van der Waals surface area contributed by atoms with Crippen molar-refractivity contribution in [1.82, 2.24) is 4.98 Å². The number of benzene rings is 2. The third kappa shape index (κ3) is 4.26. The molecule has 6 heteroatoms. The standard InChI is InChI=1S/C21H23ClN2O2S/c1-25-15-5-7-19-18(12-15)21(17-6-4-14(22)11-20(17)24-19)23-8-2-3-16-13-27-10-9-26-16/h4-7,11-12,16H,2-3,8-10,13H2,1H3,(H,23,24). The van der Waals surface area contributed by atoms with E-state index in [0.29, 0.717) is 11.1 Å². The van der Waals surface area contributed by atoms with Crippen molar-refractivity contribution in [2.24, 2.45) is 0 Å². The zero-order valence-corrected chi connectivity index (χ0v) is 16.9. The number of halogens is 1. The Labute approximate surface area is 168 Å². The molecule has 2 heterocycles. The third-order valence-electron chi connectivity index (χ3n) is 4.83. The molecule has 0 amide bonds. The second-order valence-corrected chi connectivity index (χ2v) is 8.25. The van der Waals surface area contributed by atoms with Gasteiger partial charge < -0.3 is 14.8 Å². The normalized spacial score (nSPS) is 17.3. The maximum absolute atomic E-state index is 6.19. The van der Waals surface area contributed by atoms with Crippen LogP contribution in [0.1, 0.15) is 12.8 Å². The molecule has 0 spiro atoms. The lowest BCUT2D eigenvalue weighted by Gasteiger charge is -2.22. The van der Waals surface area contributed by atoms with Gasteiger partial charge in [-0.05, 0) is 49.2 Å². The predicted molar refractivity (Wildman–Crippen MR) is 116 cm³/mol. The summed E-state index contributed by atoms with van der Waals surface area (Å²) in [7, 11) is 1.69. The lowest BCUT2D eigenvalue weighted by atomic mass is 10.1. The van der Waals surface area contributed by atoms with Crippen molar-refractivity contribution in [2.75, 3.05) is 37.1 Å². The average Bonchev–Trinajstić information content (AvgIpc) is 2.70. The number of nitrogens with one attached hydrogen (secondary N) is 1. The van der Waals surface area contributed by atoms with E-state index in [-0.39, 0.29) is 0 Å². The van der Waals surface area contributed by atoms with E-state index < -0.39 is 0 Å². The number of hydrogen-bond acceptors (Lipinski definition) is 5. The highest BCUT2D eigenvalue weighted by molar-refractivity contribution is 7.99. The minimum absolute atomic E-state index is 0.385. The molecule has 0 radical (unpaired) electrons. The van der Waals surface area contributed by atoms with Gasteiger partial charge in [-0.25, -0.2) is 4.98 Å². The second-order valence-electron chi connectivity index (χ2n) is 6.67. The topological polar surface area (TPSA) is 43.4 Å². The summed E-state index contributed by atoms with van der Waals surface area (Å²) in [6, 6.07) is 11.8. The minimum Gasteiger partial charge on any atom is -0.497 e. The van der Waals surface area contributed by atoms with E-state index in [0.717, 1.165) is 70.7 Å². The van der Waals surface area contributed by atoms with Gasteiger partial charge in [0.05, 0.1) is 36.5 Å². The van der Waals surface area contributed by atoms with Crippen molar-refractivity contribution >= 4 is 50.9 Å². The summed E-state index contributed by atoms with van der Waals surface area (Å²) in [6.45, 7) is 1.77. The monoisotopic (exact) mass is 402 g/mol. The molecule has 1 saturated heterocycles. The Morgan fingerprint density at radius 1 is 1.22 bits per heavy atom. The first-order chi connectivity index (χ1) is 13.2. The molecule has 142 valence electrons. The maximum atomic E-state index is 6.19. The molecule has 3 aromatic rings. The molecule has 2 aromatic carbocycles. The van der Waals surface area contributed by atoms with E-state index in [1.165, 1.54) is 0 Å². The summed E-state index contributed by atoms with van der Waals surface area (Å²) in [6.07, 6.45) is 2.53. The molecule has 1 N–H and O–H groups in total. The number of methoxy groups -OCH3 is 1. The molecule has 0 bridgehead atoms. The average molecular weight is 403 g/mol. The summed E-state index contributed by atoms with van der Waals surface area (Å²) in [5.74, 6) is 3.05. The molecular formula is C21H23ClN2O2S. The SMILES string of the molecule is COc1ccc2nc3cc(Cl)ccc3c(NCCCC3CSCCO3)c2c1. The summed E-state index contributed by atoms with van der Waals surface area (Å²) >= 11 is 8.17. The molecule has 1 unspecified atom stereocenters. The van der Waals surface area contributed by atoms with E-state index in [1.807, 2.05) is 48.2 Å². The van der Waals surface area contributed by atoms with Crippen LogP contribution in [0.15, 0.2) is 36.4 Å². The number of pyridine rings is 1. The molecule has 1 aromatic heterocycles. The molecule has 0 saturated carbocycles. The molecule has 1 aliphatic heterocycles. The highest BCUT2D eigenvalue weighted by Crippen LogP contribution is 2.34. The number of rotatable bonds is 6. The highest BCUT2D eigenvalue weighted by atomic mass is 35.5. The van der Waals surface area contributed by atoms with Crippen LogP contribution >= 0.6 is 23.4 Å². The van der Waals surface area contributed by atoms with Crippen molar-refractivity contribution in [3.8, 4) is 5.75 Å². The van der Waals surface area contributed by atoms with E-state index >= 15 is 0 Å². The van der Waals surface area contributed by atoms with Crippen LogP contribution in [-0.2, 0) is 4.74 Å². The fourth-order valence-electron chi connectivity index (χ4n) is 3.46. The van der Waals surface area contributed by atoms with Crippen molar-refractivity contribution in [1.29, 1.82) is 0 Å². The highest BCUT2D eigenvalue weighted by Gasteiger charge is 2.14. The van der Waals surface area contributed by atoms with E-state index in [1.54, 1.807) is 7.11 Å². The van der Waals surface area contributed by atoms with Crippen molar-refractivity contribution in [2.45, 2.75) is 18.9 Å².